The zero-order valence-electron chi connectivity index (χ0n) is 14.8. The molecule has 2 aliphatic heterocycles. The van der Waals surface area contributed by atoms with Gasteiger partial charge in [-0.25, -0.2) is 4.98 Å². The van der Waals surface area contributed by atoms with Gasteiger partial charge in [0.2, 0.25) is 0 Å². The van der Waals surface area contributed by atoms with E-state index in [1.807, 2.05) is 25.3 Å². The van der Waals surface area contributed by atoms with E-state index in [1.165, 1.54) is 0 Å². The lowest BCUT2D eigenvalue weighted by Gasteiger charge is -2.22. The fourth-order valence-corrected chi connectivity index (χ4v) is 3.40. The van der Waals surface area contributed by atoms with Crippen LogP contribution in [0.1, 0.15) is 30.1 Å². The van der Waals surface area contributed by atoms with Gasteiger partial charge in [0.05, 0.1) is 34.4 Å². The predicted molar refractivity (Wildman–Crippen MR) is 106 cm³/mol. The Morgan fingerprint density at radius 1 is 1.12 bits per heavy atom. The van der Waals surface area contributed by atoms with Gasteiger partial charge in [-0.15, -0.1) is 0 Å². The van der Waals surface area contributed by atoms with Crippen molar-refractivity contribution in [2.24, 2.45) is 4.99 Å². The van der Waals surface area contributed by atoms with Gasteiger partial charge in [0.1, 0.15) is 0 Å². The molecule has 4 heterocycles. The molecule has 0 radical (unpaired) electrons. The molecule has 26 heavy (non-hydrogen) atoms. The zero-order valence-corrected chi connectivity index (χ0v) is 14.8. The molecule has 3 N–H and O–H groups in total. The number of piperidine rings is 1. The van der Waals surface area contributed by atoms with Crippen molar-refractivity contribution in [2.75, 3.05) is 20.1 Å². The summed E-state index contributed by atoms with van der Waals surface area (Å²) in [6, 6.07) is 8.13. The van der Waals surface area contributed by atoms with Crippen molar-refractivity contribution in [2.45, 2.75) is 18.8 Å². The lowest BCUT2D eigenvalue weighted by atomic mass is 9.94. The van der Waals surface area contributed by atoms with Crippen LogP contribution in [0, 0.1) is 5.41 Å². The molecule has 6 nitrogen and oxygen atoms in total. The van der Waals surface area contributed by atoms with Crippen LogP contribution in [0.3, 0.4) is 0 Å². The summed E-state index contributed by atoms with van der Waals surface area (Å²) < 4.78 is 0. The fraction of sp³-hybridized carbons (Fsp3) is 0.300. The zero-order chi connectivity index (χ0) is 17.9. The molecule has 0 aliphatic carbocycles. The van der Waals surface area contributed by atoms with E-state index in [2.05, 4.69) is 27.8 Å². The Balaban J connectivity index is 1.66. The molecule has 1 fully saturated rings. The van der Waals surface area contributed by atoms with Gasteiger partial charge in [0, 0.05) is 30.4 Å². The highest BCUT2D eigenvalue weighted by molar-refractivity contribution is 6.39. The summed E-state index contributed by atoms with van der Waals surface area (Å²) in [5.74, 6) is 0.534. The normalized spacial score (nSPS) is 19.8. The Bertz CT molecular complexity index is 934. The first kappa shape index (κ1) is 16.6. The number of allylic oxidation sites excluding steroid dienone is 2. The largest absolute Gasteiger partial charge is 0.393 e. The van der Waals surface area contributed by atoms with Crippen molar-refractivity contribution >= 4 is 28.7 Å². The van der Waals surface area contributed by atoms with E-state index < -0.39 is 0 Å². The molecule has 0 aromatic carbocycles. The predicted octanol–water partition coefficient (Wildman–Crippen LogP) is 2.65. The van der Waals surface area contributed by atoms with E-state index >= 15 is 0 Å². The van der Waals surface area contributed by atoms with Crippen molar-refractivity contribution in [3.05, 3.63) is 53.5 Å². The SMILES string of the molecule is CN/C=C1/C=C(c2ccc3nc(C4CCNCC4)ccc3n2)N=CC1=N. The third kappa shape index (κ3) is 3.28. The lowest BCUT2D eigenvalue weighted by molar-refractivity contribution is 0.454. The summed E-state index contributed by atoms with van der Waals surface area (Å²) in [4.78, 5) is 13.9. The number of aromatic nitrogens is 2. The van der Waals surface area contributed by atoms with Crippen LogP contribution in [-0.2, 0) is 0 Å². The molecule has 0 spiro atoms. The maximum Gasteiger partial charge on any atom is 0.0895 e. The van der Waals surface area contributed by atoms with Crippen LogP contribution in [0.2, 0.25) is 0 Å². The van der Waals surface area contributed by atoms with Gasteiger partial charge < -0.3 is 10.6 Å². The number of aliphatic imine (C=N–C) groups is 1. The minimum Gasteiger partial charge on any atom is -0.393 e. The first-order valence-corrected chi connectivity index (χ1v) is 8.95. The van der Waals surface area contributed by atoms with Crippen molar-refractivity contribution in [1.82, 2.24) is 20.6 Å². The monoisotopic (exact) mass is 346 g/mol. The first-order valence-electron chi connectivity index (χ1n) is 8.95. The van der Waals surface area contributed by atoms with E-state index in [4.69, 9.17) is 15.4 Å². The third-order valence-electron chi connectivity index (χ3n) is 4.82. The van der Waals surface area contributed by atoms with Crippen LogP contribution in [0.4, 0.5) is 0 Å². The minimum absolute atomic E-state index is 0.386. The molecule has 2 aliphatic rings. The molecule has 0 atom stereocenters. The smallest absolute Gasteiger partial charge is 0.0895 e. The van der Waals surface area contributed by atoms with Crippen LogP contribution < -0.4 is 10.6 Å². The van der Waals surface area contributed by atoms with Crippen LogP contribution >= 0.6 is 0 Å². The van der Waals surface area contributed by atoms with Gasteiger partial charge in [-0.1, -0.05) is 0 Å². The topological polar surface area (TPSA) is 86.1 Å². The number of hydrogen-bond donors (Lipinski definition) is 3. The van der Waals surface area contributed by atoms with E-state index in [-0.39, 0.29) is 0 Å². The highest BCUT2D eigenvalue weighted by atomic mass is 14.9. The molecule has 1 saturated heterocycles. The highest BCUT2D eigenvalue weighted by Gasteiger charge is 2.17. The van der Waals surface area contributed by atoms with Crippen molar-refractivity contribution in [3.8, 4) is 0 Å². The number of fused-ring (bicyclic) bond motifs is 1. The van der Waals surface area contributed by atoms with Crippen molar-refractivity contribution in [1.29, 1.82) is 5.41 Å². The summed E-state index contributed by atoms with van der Waals surface area (Å²) in [5, 5.41) is 14.3. The first-order chi connectivity index (χ1) is 12.7. The van der Waals surface area contributed by atoms with E-state index in [9.17, 15) is 0 Å². The fourth-order valence-electron chi connectivity index (χ4n) is 3.40. The molecular formula is C20H22N6. The molecule has 0 bridgehead atoms. The molecule has 0 saturated carbocycles. The molecule has 4 rings (SSSR count). The van der Waals surface area contributed by atoms with Gasteiger partial charge >= 0.3 is 0 Å². The average Bonchev–Trinajstić information content (AvgIpc) is 2.70. The number of hydrogen-bond acceptors (Lipinski definition) is 6. The third-order valence-corrected chi connectivity index (χ3v) is 4.82. The van der Waals surface area contributed by atoms with Gasteiger partial charge in [0.15, 0.2) is 0 Å². The molecule has 132 valence electrons. The molecule has 0 unspecified atom stereocenters. The standard InChI is InChI=1S/C20H22N6/c1-22-11-14-10-20(24-12-15(14)21)19-5-4-17-18(26-19)3-2-16(25-17)13-6-8-23-9-7-13/h2-5,10-13,21-23H,6-9H2,1H3/b14-11-,21-15?. The summed E-state index contributed by atoms with van der Waals surface area (Å²) in [6.07, 6.45) is 7.50. The van der Waals surface area contributed by atoms with Gasteiger partial charge in [-0.2, -0.15) is 0 Å². The van der Waals surface area contributed by atoms with Crippen LogP contribution in [0.15, 0.2) is 47.1 Å². The molecule has 2 aromatic heterocycles. The van der Waals surface area contributed by atoms with Gasteiger partial charge in [-0.05, 0) is 56.3 Å². The maximum atomic E-state index is 7.92. The van der Waals surface area contributed by atoms with Crippen molar-refractivity contribution in [3.63, 3.8) is 0 Å². The Morgan fingerprint density at radius 2 is 1.88 bits per heavy atom. The number of rotatable bonds is 3. The molecule has 2 aromatic rings. The summed E-state index contributed by atoms with van der Waals surface area (Å²) in [7, 11) is 1.82. The number of pyridine rings is 2. The lowest BCUT2D eigenvalue weighted by Crippen LogP contribution is -2.27. The van der Waals surface area contributed by atoms with E-state index in [0.29, 0.717) is 11.6 Å². The Hall–Kier alpha value is -2.86. The Kier molecular flexibility index (Phi) is 4.58. The number of nitrogens with zero attached hydrogens (tertiary/aromatic N) is 3. The summed E-state index contributed by atoms with van der Waals surface area (Å²) in [6.45, 7) is 2.12. The van der Waals surface area contributed by atoms with Crippen LogP contribution in [0.25, 0.3) is 16.7 Å². The second-order valence-corrected chi connectivity index (χ2v) is 6.58. The van der Waals surface area contributed by atoms with E-state index in [0.717, 1.165) is 59.6 Å². The summed E-state index contributed by atoms with van der Waals surface area (Å²) >= 11 is 0. The van der Waals surface area contributed by atoms with Crippen molar-refractivity contribution < 1.29 is 0 Å². The average molecular weight is 346 g/mol. The second kappa shape index (κ2) is 7.17. The maximum absolute atomic E-state index is 7.92. The minimum atomic E-state index is 0.386. The Labute approximate surface area is 152 Å². The quantitative estimate of drug-likeness (QED) is 0.797. The van der Waals surface area contributed by atoms with Crippen LogP contribution in [0.5, 0.6) is 0 Å². The Morgan fingerprint density at radius 3 is 2.69 bits per heavy atom. The molecule has 6 heteroatoms. The molecular weight excluding hydrogens is 324 g/mol. The second-order valence-electron chi connectivity index (χ2n) is 6.58. The van der Waals surface area contributed by atoms with Gasteiger partial charge in [-0.3, -0.25) is 15.4 Å². The summed E-state index contributed by atoms with van der Waals surface area (Å²) in [5.41, 5.74) is 5.68. The van der Waals surface area contributed by atoms with Crippen LogP contribution in [-0.4, -0.2) is 42.0 Å². The number of nitrogens with one attached hydrogen (secondary N) is 3. The molecule has 0 amide bonds. The van der Waals surface area contributed by atoms with Gasteiger partial charge in [0.25, 0.3) is 0 Å². The van der Waals surface area contributed by atoms with E-state index in [1.54, 1.807) is 12.4 Å². The highest BCUT2D eigenvalue weighted by Crippen LogP contribution is 2.26.